The van der Waals surface area contributed by atoms with Crippen molar-refractivity contribution in [1.82, 2.24) is 10.2 Å². The maximum Gasteiger partial charge on any atom is 0.251 e. The Morgan fingerprint density at radius 3 is 2.60 bits per heavy atom. The summed E-state index contributed by atoms with van der Waals surface area (Å²) in [5.41, 5.74) is 0.428. The van der Waals surface area contributed by atoms with Gasteiger partial charge in [-0.2, -0.15) is 0 Å². The minimum atomic E-state index is -0.259. The Labute approximate surface area is 128 Å². The topological polar surface area (TPSA) is 49.4 Å². The van der Waals surface area contributed by atoms with Gasteiger partial charge in [0.15, 0.2) is 0 Å². The Hall–Kier alpha value is -1.52. The zero-order chi connectivity index (χ0) is 15.1. The van der Waals surface area contributed by atoms with Crippen LogP contribution in [0.3, 0.4) is 0 Å². The molecule has 108 valence electrons. The number of rotatable bonds is 6. The van der Waals surface area contributed by atoms with E-state index in [-0.39, 0.29) is 11.8 Å². The molecule has 0 aliphatic heterocycles. The Bertz CT molecular complexity index is 518. The summed E-state index contributed by atoms with van der Waals surface area (Å²) in [7, 11) is 0. The van der Waals surface area contributed by atoms with Gasteiger partial charge in [-0.25, -0.2) is 0 Å². The Balaban J connectivity index is 2.52. The van der Waals surface area contributed by atoms with Crippen LogP contribution in [0.5, 0.6) is 0 Å². The number of hydrogen-bond donors (Lipinski definition) is 1. The van der Waals surface area contributed by atoms with Gasteiger partial charge in [0.2, 0.25) is 5.91 Å². The van der Waals surface area contributed by atoms with E-state index in [1.807, 2.05) is 0 Å². The average molecular weight is 315 g/mol. The summed E-state index contributed by atoms with van der Waals surface area (Å²) in [6.45, 7) is 6.29. The second-order valence-electron chi connectivity index (χ2n) is 4.14. The van der Waals surface area contributed by atoms with Crippen molar-refractivity contribution in [2.45, 2.75) is 6.92 Å². The maximum absolute atomic E-state index is 11.9. The van der Waals surface area contributed by atoms with Crippen molar-refractivity contribution in [3.8, 4) is 0 Å². The minimum Gasteiger partial charge on any atom is -0.350 e. The maximum atomic E-state index is 11.9. The predicted molar refractivity (Wildman–Crippen MR) is 81.2 cm³/mol. The van der Waals surface area contributed by atoms with Crippen molar-refractivity contribution in [2.24, 2.45) is 0 Å². The first-order valence-corrected chi connectivity index (χ1v) is 6.81. The fourth-order valence-corrected chi connectivity index (χ4v) is 1.88. The van der Waals surface area contributed by atoms with Gasteiger partial charge in [0, 0.05) is 32.1 Å². The van der Waals surface area contributed by atoms with E-state index in [0.29, 0.717) is 35.2 Å². The van der Waals surface area contributed by atoms with Crippen molar-refractivity contribution >= 4 is 35.0 Å². The standard InChI is InChI=1S/C14H16Cl2N2O2/c1-3-7-18(10(2)19)8-6-17-14(20)11-4-5-12(15)13(16)9-11/h3-5,9H,1,6-8H2,2H3,(H,17,20). The summed E-state index contributed by atoms with van der Waals surface area (Å²) in [6, 6.07) is 4.67. The van der Waals surface area contributed by atoms with E-state index in [2.05, 4.69) is 11.9 Å². The lowest BCUT2D eigenvalue weighted by atomic mass is 10.2. The second kappa shape index (κ2) is 7.92. The molecule has 0 saturated carbocycles. The molecule has 0 atom stereocenters. The fourth-order valence-electron chi connectivity index (χ4n) is 1.58. The first-order valence-electron chi connectivity index (χ1n) is 6.05. The molecule has 1 aromatic carbocycles. The SMILES string of the molecule is C=CCN(CCNC(=O)c1ccc(Cl)c(Cl)c1)C(C)=O. The van der Waals surface area contributed by atoms with Crippen LogP contribution < -0.4 is 5.32 Å². The van der Waals surface area contributed by atoms with Crippen molar-refractivity contribution in [3.63, 3.8) is 0 Å². The van der Waals surface area contributed by atoms with Crippen LogP contribution in [0, 0.1) is 0 Å². The average Bonchev–Trinajstić information content (AvgIpc) is 2.40. The molecule has 1 rings (SSSR count). The fraction of sp³-hybridized carbons (Fsp3) is 0.286. The number of halogens is 2. The number of carbonyl (C=O) groups excluding carboxylic acids is 2. The number of carbonyl (C=O) groups is 2. The molecule has 0 fully saturated rings. The van der Waals surface area contributed by atoms with Crippen LogP contribution in [0.4, 0.5) is 0 Å². The first-order chi connectivity index (χ1) is 9.45. The molecule has 0 spiro atoms. The molecule has 1 N–H and O–H groups in total. The highest BCUT2D eigenvalue weighted by atomic mass is 35.5. The molecule has 0 bridgehead atoms. The Morgan fingerprint density at radius 2 is 2.05 bits per heavy atom. The molecule has 4 nitrogen and oxygen atoms in total. The van der Waals surface area contributed by atoms with E-state index in [1.54, 1.807) is 23.1 Å². The van der Waals surface area contributed by atoms with Crippen molar-refractivity contribution in [3.05, 3.63) is 46.5 Å². The third-order valence-corrected chi connectivity index (χ3v) is 3.38. The lowest BCUT2D eigenvalue weighted by molar-refractivity contribution is -0.128. The molecule has 1 aromatic rings. The number of hydrogen-bond acceptors (Lipinski definition) is 2. The van der Waals surface area contributed by atoms with Gasteiger partial charge >= 0.3 is 0 Å². The van der Waals surface area contributed by atoms with E-state index < -0.39 is 0 Å². The second-order valence-corrected chi connectivity index (χ2v) is 4.95. The molecule has 0 saturated heterocycles. The molecule has 0 unspecified atom stereocenters. The Kier molecular flexibility index (Phi) is 6.55. The molecular weight excluding hydrogens is 299 g/mol. The van der Waals surface area contributed by atoms with E-state index in [4.69, 9.17) is 23.2 Å². The van der Waals surface area contributed by atoms with Crippen molar-refractivity contribution < 1.29 is 9.59 Å². The van der Waals surface area contributed by atoms with Crippen LogP contribution in [0.15, 0.2) is 30.9 Å². The summed E-state index contributed by atoms with van der Waals surface area (Å²) in [5.74, 6) is -0.320. The molecule has 20 heavy (non-hydrogen) atoms. The quantitative estimate of drug-likeness (QED) is 0.821. The summed E-state index contributed by atoms with van der Waals surface area (Å²) in [4.78, 5) is 24.8. The third-order valence-electron chi connectivity index (χ3n) is 2.64. The van der Waals surface area contributed by atoms with Crippen molar-refractivity contribution in [1.29, 1.82) is 0 Å². The monoisotopic (exact) mass is 314 g/mol. The lowest BCUT2D eigenvalue weighted by Crippen LogP contribution is -2.37. The highest BCUT2D eigenvalue weighted by Gasteiger charge is 2.10. The van der Waals surface area contributed by atoms with Crippen molar-refractivity contribution in [2.75, 3.05) is 19.6 Å². The molecule has 0 aliphatic rings. The number of benzene rings is 1. The van der Waals surface area contributed by atoms with E-state index in [1.165, 1.54) is 13.0 Å². The van der Waals surface area contributed by atoms with Crippen LogP contribution in [0.1, 0.15) is 17.3 Å². The van der Waals surface area contributed by atoms with Crippen LogP contribution in [-0.2, 0) is 4.79 Å². The van der Waals surface area contributed by atoms with Crippen LogP contribution in [0.25, 0.3) is 0 Å². The Morgan fingerprint density at radius 1 is 1.35 bits per heavy atom. The zero-order valence-corrected chi connectivity index (χ0v) is 12.7. The molecule has 0 aliphatic carbocycles. The number of amides is 2. The molecule has 2 amide bonds. The summed E-state index contributed by atoms with van der Waals surface area (Å²) >= 11 is 11.6. The first kappa shape index (κ1) is 16.5. The van der Waals surface area contributed by atoms with Gasteiger partial charge in [-0.3, -0.25) is 9.59 Å². The van der Waals surface area contributed by atoms with Crippen LogP contribution in [0.2, 0.25) is 10.0 Å². The molecule has 6 heteroatoms. The van der Waals surface area contributed by atoms with Gasteiger partial charge in [-0.15, -0.1) is 6.58 Å². The van der Waals surface area contributed by atoms with E-state index in [0.717, 1.165) is 0 Å². The normalized spacial score (nSPS) is 9.95. The third kappa shape index (κ3) is 4.87. The minimum absolute atomic E-state index is 0.0614. The van der Waals surface area contributed by atoms with Gasteiger partial charge in [0.05, 0.1) is 10.0 Å². The summed E-state index contributed by atoms with van der Waals surface area (Å²) in [6.07, 6.45) is 1.64. The predicted octanol–water partition coefficient (Wildman–Crippen LogP) is 2.76. The van der Waals surface area contributed by atoms with E-state index >= 15 is 0 Å². The van der Waals surface area contributed by atoms with Crippen LogP contribution >= 0.6 is 23.2 Å². The van der Waals surface area contributed by atoms with Crippen LogP contribution in [-0.4, -0.2) is 36.3 Å². The molecule has 0 aromatic heterocycles. The highest BCUT2D eigenvalue weighted by molar-refractivity contribution is 6.42. The zero-order valence-electron chi connectivity index (χ0n) is 11.2. The lowest BCUT2D eigenvalue weighted by Gasteiger charge is -2.19. The van der Waals surface area contributed by atoms with Gasteiger partial charge in [-0.1, -0.05) is 29.3 Å². The molecule has 0 radical (unpaired) electrons. The molecule has 0 heterocycles. The summed E-state index contributed by atoms with van der Waals surface area (Å²) < 4.78 is 0. The highest BCUT2D eigenvalue weighted by Crippen LogP contribution is 2.22. The number of nitrogens with zero attached hydrogens (tertiary/aromatic N) is 1. The smallest absolute Gasteiger partial charge is 0.251 e. The number of nitrogens with one attached hydrogen (secondary N) is 1. The van der Waals surface area contributed by atoms with Gasteiger partial charge in [-0.05, 0) is 18.2 Å². The van der Waals surface area contributed by atoms with Gasteiger partial charge in [0.25, 0.3) is 5.91 Å². The van der Waals surface area contributed by atoms with Gasteiger partial charge in [0.1, 0.15) is 0 Å². The largest absolute Gasteiger partial charge is 0.350 e. The van der Waals surface area contributed by atoms with E-state index in [9.17, 15) is 9.59 Å². The summed E-state index contributed by atoms with van der Waals surface area (Å²) in [5, 5.41) is 3.45. The molecular formula is C14H16Cl2N2O2. The van der Waals surface area contributed by atoms with Gasteiger partial charge < -0.3 is 10.2 Å².